The molecule has 4 rings (SSSR count). The molecule has 0 saturated heterocycles. The largest absolute Gasteiger partial charge is 0.573 e. The van der Waals surface area contributed by atoms with Crippen molar-refractivity contribution in [2.24, 2.45) is 0 Å². The second-order valence-corrected chi connectivity index (χ2v) is 7.00. The summed E-state index contributed by atoms with van der Waals surface area (Å²) in [5, 5.41) is 4.17. The SMILES string of the molecule is CCCn1c(=O)[nH]c2nc(-c3cnn(CC#Cc4cccc(OC(F)(F)F)c4)c3)[nH]c2c1=O. The number of H-pyrrole nitrogens is 2. The molecule has 0 aliphatic carbocycles. The van der Waals surface area contributed by atoms with Gasteiger partial charge in [-0.15, -0.1) is 13.2 Å². The van der Waals surface area contributed by atoms with Crippen LogP contribution in [0, 0.1) is 11.8 Å². The van der Waals surface area contributed by atoms with Gasteiger partial charge in [-0.2, -0.15) is 5.10 Å². The lowest BCUT2D eigenvalue weighted by Crippen LogP contribution is -2.34. The summed E-state index contributed by atoms with van der Waals surface area (Å²) in [6.45, 7) is 2.31. The van der Waals surface area contributed by atoms with E-state index in [1.165, 1.54) is 29.1 Å². The first-order chi connectivity index (χ1) is 15.7. The van der Waals surface area contributed by atoms with Gasteiger partial charge in [0.2, 0.25) is 0 Å². The highest BCUT2D eigenvalue weighted by molar-refractivity contribution is 5.74. The lowest BCUT2D eigenvalue weighted by atomic mass is 10.2. The lowest BCUT2D eigenvalue weighted by Gasteiger charge is -2.08. The Labute approximate surface area is 183 Å². The van der Waals surface area contributed by atoms with Crippen molar-refractivity contribution in [1.29, 1.82) is 0 Å². The van der Waals surface area contributed by atoms with Crippen molar-refractivity contribution in [2.75, 3.05) is 0 Å². The molecule has 33 heavy (non-hydrogen) atoms. The van der Waals surface area contributed by atoms with Gasteiger partial charge >= 0.3 is 12.1 Å². The molecule has 4 aromatic rings. The molecule has 0 radical (unpaired) electrons. The molecule has 9 nitrogen and oxygen atoms in total. The number of aromatic nitrogens is 6. The molecule has 0 atom stereocenters. The average molecular weight is 458 g/mol. The van der Waals surface area contributed by atoms with Crippen LogP contribution in [0.1, 0.15) is 18.9 Å². The number of nitrogens with zero attached hydrogens (tertiary/aromatic N) is 4. The number of ether oxygens (including phenoxy) is 1. The van der Waals surface area contributed by atoms with Crippen LogP contribution in [0.25, 0.3) is 22.6 Å². The Kier molecular flexibility index (Phi) is 5.78. The summed E-state index contributed by atoms with van der Waals surface area (Å²) in [6.07, 6.45) is -0.995. The first-order valence-electron chi connectivity index (χ1n) is 9.84. The number of halogens is 3. The summed E-state index contributed by atoms with van der Waals surface area (Å²) >= 11 is 0. The van der Waals surface area contributed by atoms with E-state index in [1.54, 1.807) is 12.3 Å². The van der Waals surface area contributed by atoms with Crippen molar-refractivity contribution in [2.45, 2.75) is 32.8 Å². The first kappa shape index (κ1) is 21.9. The average Bonchev–Trinajstić information content (AvgIpc) is 3.37. The van der Waals surface area contributed by atoms with Gasteiger partial charge in [-0.3, -0.25) is 19.0 Å². The van der Waals surface area contributed by atoms with Crippen LogP contribution < -0.4 is 16.0 Å². The molecule has 2 N–H and O–H groups in total. The fourth-order valence-corrected chi connectivity index (χ4v) is 3.14. The van der Waals surface area contributed by atoms with E-state index < -0.39 is 17.6 Å². The van der Waals surface area contributed by atoms with Crippen molar-refractivity contribution < 1.29 is 17.9 Å². The van der Waals surface area contributed by atoms with Gasteiger partial charge in [0.15, 0.2) is 5.65 Å². The summed E-state index contributed by atoms with van der Waals surface area (Å²) in [5.74, 6) is 5.58. The van der Waals surface area contributed by atoms with E-state index in [9.17, 15) is 22.8 Å². The van der Waals surface area contributed by atoms with Crippen molar-refractivity contribution in [3.63, 3.8) is 0 Å². The zero-order valence-electron chi connectivity index (χ0n) is 17.2. The number of imidazole rings is 1. The predicted octanol–water partition coefficient (Wildman–Crippen LogP) is 2.64. The van der Waals surface area contributed by atoms with Crippen molar-refractivity contribution in [3.05, 3.63) is 63.1 Å². The van der Waals surface area contributed by atoms with Gasteiger partial charge in [0.25, 0.3) is 5.56 Å². The van der Waals surface area contributed by atoms with Gasteiger partial charge in [0.1, 0.15) is 23.6 Å². The third-order valence-electron chi connectivity index (χ3n) is 4.53. The Hall–Kier alpha value is -4.27. The van der Waals surface area contributed by atoms with Gasteiger partial charge in [0.05, 0.1) is 11.8 Å². The van der Waals surface area contributed by atoms with Crippen LogP contribution in [0.5, 0.6) is 5.75 Å². The Morgan fingerprint density at radius 2 is 2.03 bits per heavy atom. The van der Waals surface area contributed by atoms with Crippen molar-refractivity contribution >= 4 is 11.2 Å². The predicted molar refractivity (Wildman–Crippen MR) is 112 cm³/mol. The Bertz CT molecular complexity index is 1480. The monoisotopic (exact) mass is 458 g/mol. The summed E-state index contributed by atoms with van der Waals surface area (Å²) in [4.78, 5) is 34.4. The number of benzene rings is 1. The maximum absolute atomic E-state index is 12.5. The van der Waals surface area contributed by atoms with Gasteiger partial charge in [-0.05, 0) is 24.6 Å². The number of hydrogen-bond acceptors (Lipinski definition) is 5. The molecule has 0 amide bonds. The molecule has 0 aliphatic heterocycles. The zero-order valence-corrected chi connectivity index (χ0v) is 17.2. The Balaban J connectivity index is 1.52. The number of hydrogen-bond donors (Lipinski definition) is 2. The van der Waals surface area contributed by atoms with E-state index >= 15 is 0 Å². The van der Waals surface area contributed by atoms with Gasteiger partial charge in [-0.1, -0.05) is 24.8 Å². The van der Waals surface area contributed by atoms with Gasteiger partial charge in [0, 0.05) is 18.3 Å². The zero-order chi connectivity index (χ0) is 23.6. The van der Waals surface area contributed by atoms with E-state index in [-0.39, 0.29) is 23.5 Å². The number of nitrogens with one attached hydrogen (secondary N) is 2. The maximum Gasteiger partial charge on any atom is 0.573 e. The molecular formula is C21H17F3N6O3. The summed E-state index contributed by atoms with van der Waals surface area (Å²) in [5.41, 5.74) is 0.282. The minimum absolute atomic E-state index is 0.154. The summed E-state index contributed by atoms with van der Waals surface area (Å²) < 4.78 is 43.5. The molecule has 0 aliphatic rings. The van der Waals surface area contributed by atoms with E-state index in [0.29, 0.717) is 29.9 Å². The minimum Gasteiger partial charge on any atom is -0.406 e. The van der Waals surface area contributed by atoms with Gasteiger partial charge < -0.3 is 9.72 Å². The molecule has 3 aromatic heterocycles. The maximum atomic E-state index is 12.5. The highest BCUT2D eigenvalue weighted by atomic mass is 19.4. The van der Waals surface area contributed by atoms with Crippen LogP contribution in [-0.2, 0) is 13.1 Å². The van der Waals surface area contributed by atoms with E-state index in [1.807, 2.05) is 6.92 Å². The van der Waals surface area contributed by atoms with Crippen LogP contribution in [0.15, 0.2) is 46.2 Å². The van der Waals surface area contributed by atoms with Crippen molar-refractivity contribution in [1.82, 2.24) is 29.3 Å². The van der Waals surface area contributed by atoms with E-state index in [4.69, 9.17) is 0 Å². The number of fused-ring (bicyclic) bond motifs is 1. The first-order valence-corrected chi connectivity index (χ1v) is 9.84. The third kappa shape index (κ3) is 4.98. The number of rotatable bonds is 5. The lowest BCUT2D eigenvalue weighted by molar-refractivity contribution is -0.274. The van der Waals surface area contributed by atoms with Gasteiger partial charge in [-0.25, -0.2) is 9.78 Å². The second-order valence-electron chi connectivity index (χ2n) is 7.00. The van der Waals surface area contributed by atoms with E-state index in [2.05, 4.69) is 36.6 Å². The van der Waals surface area contributed by atoms with E-state index in [0.717, 1.165) is 4.57 Å². The minimum atomic E-state index is -4.77. The van der Waals surface area contributed by atoms with Crippen LogP contribution in [0.3, 0.4) is 0 Å². The van der Waals surface area contributed by atoms with Crippen LogP contribution in [-0.4, -0.2) is 35.7 Å². The van der Waals surface area contributed by atoms with Crippen molar-refractivity contribution in [3.8, 4) is 29.0 Å². The Morgan fingerprint density at radius 1 is 1.21 bits per heavy atom. The molecule has 0 saturated carbocycles. The standard InChI is InChI=1S/C21H17F3N6O3/c1-2-8-30-19(31)16-18(28-20(30)32)27-17(26-16)14-11-25-29(12-14)9-4-6-13-5-3-7-15(10-13)33-21(22,23)24/h3,5,7,10-12H,2,8-9H2,1H3,(H,26,27)(H,28,32). The third-order valence-corrected chi connectivity index (χ3v) is 4.53. The summed E-state index contributed by atoms with van der Waals surface area (Å²) in [6, 6.07) is 5.36. The highest BCUT2D eigenvalue weighted by Crippen LogP contribution is 2.23. The Morgan fingerprint density at radius 3 is 2.79 bits per heavy atom. The molecule has 0 fully saturated rings. The quantitative estimate of drug-likeness (QED) is 0.447. The fourth-order valence-electron chi connectivity index (χ4n) is 3.14. The smallest absolute Gasteiger partial charge is 0.406 e. The van der Waals surface area contributed by atoms with Crippen LogP contribution in [0.2, 0.25) is 0 Å². The van der Waals surface area contributed by atoms with Crippen LogP contribution in [0.4, 0.5) is 13.2 Å². The fraction of sp³-hybridized carbons (Fsp3) is 0.238. The molecule has 0 spiro atoms. The molecule has 0 unspecified atom stereocenters. The summed E-state index contributed by atoms with van der Waals surface area (Å²) in [7, 11) is 0. The van der Waals surface area contributed by atoms with Crippen LogP contribution >= 0.6 is 0 Å². The number of aromatic amines is 2. The molecule has 3 heterocycles. The molecule has 1 aromatic carbocycles. The molecular weight excluding hydrogens is 441 g/mol. The molecule has 0 bridgehead atoms. The number of alkyl halides is 3. The molecule has 12 heteroatoms. The normalized spacial score (nSPS) is 11.4. The topological polar surface area (TPSA) is 111 Å². The molecule has 170 valence electrons. The highest BCUT2D eigenvalue weighted by Gasteiger charge is 2.31. The second kappa shape index (κ2) is 8.70.